The first-order valence-corrected chi connectivity index (χ1v) is 8.08. The molecule has 1 saturated heterocycles. The number of anilines is 1. The summed E-state index contributed by atoms with van der Waals surface area (Å²) in [6.07, 6.45) is 5.75. The lowest BCUT2D eigenvalue weighted by Crippen LogP contribution is -2.20. The van der Waals surface area contributed by atoms with E-state index in [-0.39, 0.29) is 19.1 Å². The summed E-state index contributed by atoms with van der Waals surface area (Å²) in [6, 6.07) is 5.89. The van der Waals surface area contributed by atoms with Crippen LogP contribution in [0, 0.1) is 0 Å². The molecule has 3 heterocycles. The van der Waals surface area contributed by atoms with Gasteiger partial charge in [-0.2, -0.15) is 5.10 Å². The van der Waals surface area contributed by atoms with Gasteiger partial charge in [-0.15, -0.1) is 0 Å². The Balaban J connectivity index is 1.36. The van der Waals surface area contributed by atoms with Gasteiger partial charge in [-0.3, -0.25) is 9.48 Å². The molecule has 1 aromatic carbocycles. The zero-order chi connectivity index (χ0) is 16.4. The first-order chi connectivity index (χ1) is 11.8. The van der Waals surface area contributed by atoms with Crippen molar-refractivity contribution in [2.45, 2.75) is 25.3 Å². The Morgan fingerprint density at radius 2 is 2.08 bits per heavy atom. The van der Waals surface area contributed by atoms with Gasteiger partial charge in [0, 0.05) is 19.4 Å². The van der Waals surface area contributed by atoms with E-state index in [1.165, 1.54) is 0 Å². The molecule has 1 aromatic heterocycles. The molecule has 0 aliphatic carbocycles. The molecule has 0 spiro atoms. The predicted molar refractivity (Wildman–Crippen MR) is 86.2 cm³/mol. The van der Waals surface area contributed by atoms with Crippen molar-refractivity contribution in [2.75, 3.05) is 25.3 Å². The second-order valence-electron chi connectivity index (χ2n) is 5.97. The molecule has 0 bridgehead atoms. The quantitative estimate of drug-likeness (QED) is 0.930. The van der Waals surface area contributed by atoms with Crippen LogP contribution in [0.1, 0.15) is 24.4 Å². The van der Waals surface area contributed by atoms with Crippen LogP contribution in [-0.4, -0.2) is 35.7 Å². The highest BCUT2D eigenvalue weighted by Crippen LogP contribution is 2.32. The Morgan fingerprint density at radius 1 is 1.25 bits per heavy atom. The van der Waals surface area contributed by atoms with Crippen molar-refractivity contribution in [1.29, 1.82) is 0 Å². The van der Waals surface area contributed by atoms with Crippen molar-refractivity contribution in [3.05, 3.63) is 36.2 Å². The van der Waals surface area contributed by atoms with Crippen LogP contribution in [-0.2, 0) is 16.0 Å². The molecule has 0 radical (unpaired) electrons. The minimum Gasteiger partial charge on any atom is -0.454 e. The molecule has 0 atom stereocenters. The highest BCUT2D eigenvalue weighted by atomic mass is 16.7. The standard InChI is InChI=1S/C17H19N3O4/c21-17(8-12-1-2-15-16(7-12)24-11-23-15)19-13-9-18-20(10-13)14-3-5-22-6-4-14/h1-2,7,9-10,14H,3-6,8,11H2,(H,19,21). The number of benzene rings is 1. The first-order valence-electron chi connectivity index (χ1n) is 8.08. The number of amides is 1. The molecule has 7 heteroatoms. The van der Waals surface area contributed by atoms with Gasteiger partial charge in [-0.05, 0) is 30.5 Å². The predicted octanol–water partition coefficient (Wildman–Crippen LogP) is 2.14. The highest BCUT2D eigenvalue weighted by molar-refractivity contribution is 5.92. The van der Waals surface area contributed by atoms with Gasteiger partial charge in [0.1, 0.15) is 0 Å². The number of rotatable bonds is 4. The van der Waals surface area contributed by atoms with E-state index in [2.05, 4.69) is 10.4 Å². The maximum Gasteiger partial charge on any atom is 0.231 e. The normalized spacial score (nSPS) is 17.0. The van der Waals surface area contributed by atoms with Crippen molar-refractivity contribution in [3.63, 3.8) is 0 Å². The minimum absolute atomic E-state index is 0.0830. The van der Waals surface area contributed by atoms with Crippen molar-refractivity contribution in [2.24, 2.45) is 0 Å². The maximum atomic E-state index is 12.2. The number of fused-ring (bicyclic) bond motifs is 1. The van der Waals surface area contributed by atoms with Crippen LogP contribution in [0.3, 0.4) is 0 Å². The number of hydrogen-bond acceptors (Lipinski definition) is 5. The largest absolute Gasteiger partial charge is 0.454 e. The molecule has 2 aliphatic heterocycles. The second-order valence-corrected chi connectivity index (χ2v) is 5.97. The van der Waals surface area contributed by atoms with E-state index in [0.29, 0.717) is 17.5 Å². The highest BCUT2D eigenvalue weighted by Gasteiger charge is 2.17. The monoisotopic (exact) mass is 329 g/mol. The zero-order valence-corrected chi connectivity index (χ0v) is 13.2. The molecule has 126 valence electrons. The number of hydrogen-bond donors (Lipinski definition) is 1. The maximum absolute atomic E-state index is 12.2. The number of carbonyl (C=O) groups excluding carboxylic acids is 1. The zero-order valence-electron chi connectivity index (χ0n) is 13.2. The number of aromatic nitrogens is 2. The van der Waals surface area contributed by atoms with E-state index in [0.717, 1.165) is 37.4 Å². The van der Waals surface area contributed by atoms with Gasteiger partial charge < -0.3 is 19.5 Å². The molecule has 2 aromatic rings. The molecular weight excluding hydrogens is 310 g/mol. The number of carbonyl (C=O) groups is 1. The molecule has 0 unspecified atom stereocenters. The summed E-state index contributed by atoms with van der Waals surface area (Å²) in [4.78, 5) is 12.2. The molecular formula is C17H19N3O4. The Morgan fingerprint density at radius 3 is 2.96 bits per heavy atom. The van der Waals surface area contributed by atoms with Crippen LogP contribution in [0.4, 0.5) is 5.69 Å². The Hall–Kier alpha value is -2.54. The van der Waals surface area contributed by atoms with Crippen molar-refractivity contribution < 1.29 is 19.0 Å². The van der Waals surface area contributed by atoms with Gasteiger partial charge in [0.25, 0.3) is 0 Å². The third-order valence-electron chi connectivity index (χ3n) is 4.25. The summed E-state index contributed by atoms with van der Waals surface area (Å²) in [5.41, 5.74) is 1.60. The Bertz CT molecular complexity index is 737. The van der Waals surface area contributed by atoms with Gasteiger partial charge >= 0.3 is 0 Å². The van der Waals surface area contributed by atoms with Crippen molar-refractivity contribution in [3.8, 4) is 11.5 Å². The Kier molecular flexibility index (Phi) is 4.08. The minimum atomic E-state index is -0.0830. The van der Waals surface area contributed by atoms with E-state index >= 15 is 0 Å². The first kappa shape index (κ1) is 15.0. The van der Waals surface area contributed by atoms with E-state index in [1.807, 2.05) is 29.1 Å². The van der Waals surface area contributed by atoms with E-state index in [1.54, 1.807) is 6.20 Å². The summed E-state index contributed by atoms with van der Waals surface area (Å²) < 4.78 is 17.9. The number of ether oxygens (including phenoxy) is 3. The summed E-state index contributed by atoms with van der Waals surface area (Å²) in [5.74, 6) is 1.32. The summed E-state index contributed by atoms with van der Waals surface area (Å²) in [6.45, 7) is 1.75. The average Bonchev–Trinajstić information content (AvgIpc) is 3.24. The van der Waals surface area contributed by atoms with Crippen molar-refractivity contribution in [1.82, 2.24) is 9.78 Å². The van der Waals surface area contributed by atoms with Crippen molar-refractivity contribution >= 4 is 11.6 Å². The lowest BCUT2D eigenvalue weighted by atomic mass is 10.1. The number of nitrogens with one attached hydrogen (secondary N) is 1. The third kappa shape index (κ3) is 3.21. The number of nitrogens with zero attached hydrogens (tertiary/aromatic N) is 2. The molecule has 0 saturated carbocycles. The van der Waals surface area contributed by atoms with E-state index in [9.17, 15) is 4.79 Å². The van der Waals surface area contributed by atoms with Gasteiger partial charge in [0.2, 0.25) is 12.7 Å². The fourth-order valence-corrected chi connectivity index (χ4v) is 2.99. The molecule has 1 amide bonds. The Labute approximate surface area is 139 Å². The summed E-state index contributed by atoms with van der Waals surface area (Å²) in [5, 5.41) is 7.25. The van der Waals surface area contributed by atoms with Crippen LogP contribution in [0.25, 0.3) is 0 Å². The van der Waals surface area contributed by atoms with E-state index < -0.39 is 0 Å². The second kappa shape index (κ2) is 6.52. The third-order valence-corrected chi connectivity index (χ3v) is 4.25. The lowest BCUT2D eigenvalue weighted by molar-refractivity contribution is -0.115. The molecule has 2 aliphatic rings. The van der Waals surface area contributed by atoms with Crippen LogP contribution in [0.2, 0.25) is 0 Å². The summed E-state index contributed by atoms with van der Waals surface area (Å²) >= 11 is 0. The van der Waals surface area contributed by atoms with Crippen LogP contribution >= 0.6 is 0 Å². The van der Waals surface area contributed by atoms with Crippen LogP contribution < -0.4 is 14.8 Å². The van der Waals surface area contributed by atoms with Crippen LogP contribution in [0.15, 0.2) is 30.6 Å². The fourth-order valence-electron chi connectivity index (χ4n) is 2.99. The molecule has 1 fully saturated rings. The molecule has 24 heavy (non-hydrogen) atoms. The van der Waals surface area contributed by atoms with Crippen LogP contribution in [0.5, 0.6) is 11.5 Å². The average molecular weight is 329 g/mol. The SMILES string of the molecule is O=C(Cc1ccc2c(c1)OCO2)Nc1cnn(C2CCOCC2)c1. The fraction of sp³-hybridized carbons (Fsp3) is 0.412. The van der Waals surface area contributed by atoms with E-state index in [4.69, 9.17) is 14.2 Å². The lowest BCUT2D eigenvalue weighted by Gasteiger charge is -2.22. The van der Waals surface area contributed by atoms with Gasteiger partial charge in [-0.1, -0.05) is 6.07 Å². The smallest absolute Gasteiger partial charge is 0.231 e. The molecule has 1 N–H and O–H groups in total. The molecule has 4 rings (SSSR count). The van der Waals surface area contributed by atoms with Gasteiger partial charge in [-0.25, -0.2) is 0 Å². The van der Waals surface area contributed by atoms with Gasteiger partial charge in [0.15, 0.2) is 11.5 Å². The van der Waals surface area contributed by atoms with Gasteiger partial charge in [0.05, 0.1) is 24.3 Å². The summed E-state index contributed by atoms with van der Waals surface area (Å²) in [7, 11) is 0. The molecule has 7 nitrogen and oxygen atoms in total. The topological polar surface area (TPSA) is 74.6 Å².